The van der Waals surface area contributed by atoms with E-state index in [1.807, 2.05) is 0 Å². The summed E-state index contributed by atoms with van der Waals surface area (Å²) in [5.74, 6) is -1.88. The van der Waals surface area contributed by atoms with Crippen LogP contribution in [-0.4, -0.2) is 22.6 Å². The van der Waals surface area contributed by atoms with E-state index in [0.29, 0.717) is 0 Å². The minimum atomic E-state index is -0.868. The normalized spacial score (nSPS) is 11.1. The second-order valence-corrected chi connectivity index (χ2v) is 7.07. The summed E-state index contributed by atoms with van der Waals surface area (Å²) in [7, 11) is 0. The second kappa shape index (κ2) is 7.33. The summed E-state index contributed by atoms with van der Waals surface area (Å²) >= 11 is 11.8. The van der Waals surface area contributed by atoms with Crippen LogP contribution in [0.15, 0.2) is 36.4 Å². The molecule has 5 nitrogen and oxygen atoms in total. The lowest BCUT2D eigenvalue weighted by molar-refractivity contribution is 0.00669. The summed E-state index contributed by atoms with van der Waals surface area (Å²) in [6.45, 7) is 5.14. The molecule has 132 valence electrons. The minimum absolute atomic E-state index is 0.00251. The number of rotatable bonds is 3. The van der Waals surface area contributed by atoms with Gasteiger partial charge in [-0.15, -0.1) is 0 Å². The molecular weight excluding hydrogens is 367 g/mol. The zero-order valence-electron chi connectivity index (χ0n) is 13.8. The van der Waals surface area contributed by atoms with Crippen molar-refractivity contribution < 1.29 is 24.2 Å². The molecule has 0 amide bonds. The van der Waals surface area contributed by atoms with E-state index in [0.717, 1.165) is 0 Å². The summed E-state index contributed by atoms with van der Waals surface area (Å²) in [6.07, 6.45) is 0. The van der Waals surface area contributed by atoms with Crippen molar-refractivity contribution in [1.29, 1.82) is 0 Å². The van der Waals surface area contributed by atoms with E-state index >= 15 is 0 Å². The third-order valence-electron chi connectivity index (χ3n) is 2.94. The van der Waals surface area contributed by atoms with Crippen LogP contribution in [0.5, 0.6) is 11.5 Å². The Kier molecular flexibility index (Phi) is 5.60. The smallest absolute Gasteiger partial charge is 0.347 e. The highest BCUT2D eigenvalue weighted by atomic mass is 35.5. The van der Waals surface area contributed by atoms with Gasteiger partial charge in [0, 0.05) is 10.0 Å². The van der Waals surface area contributed by atoms with Gasteiger partial charge in [0.2, 0.25) is 0 Å². The molecule has 2 aromatic rings. The molecular formula is C18H16Cl2O5. The molecule has 2 aromatic carbocycles. The maximum absolute atomic E-state index is 12.3. The zero-order chi connectivity index (χ0) is 18.8. The Morgan fingerprint density at radius 3 is 2.08 bits per heavy atom. The van der Waals surface area contributed by atoms with Crippen LogP contribution in [0.4, 0.5) is 0 Å². The molecule has 1 N–H and O–H groups in total. The molecule has 7 heteroatoms. The Bertz CT molecular complexity index is 825. The van der Waals surface area contributed by atoms with Crippen molar-refractivity contribution in [3.05, 3.63) is 57.6 Å². The summed E-state index contributed by atoms with van der Waals surface area (Å²) in [5, 5.41) is 10.3. The maximum atomic E-state index is 12.3. The topological polar surface area (TPSA) is 72.8 Å². The molecule has 0 unspecified atom stereocenters. The van der Waals surface area contributed by atoms with E-state index in [-0.39, 0.29) is 32.7 Å². The van der Waals surface area contributed by atoms with E-state index in [1.54, 1.807) is 20.8 Å². The van der Waals surface area contributed by atoms with Crippen molar-refractivity contribution in [2.24, 2.45) is 0 Å². The van der Waals surface area contributed by atoms with Crippen LogP contribution < -0.4 is 4.74 Å². The zero-order valence-corrected chi connectivity index (χ0v) is 15.3. The first-order valence-electron chi connectivity index (χ1n) is 7.30. The van der Waals surface area contributed by atoms with Gasteiger partial charge in [-0.2, -0.15) is 0 Å². The number of phenolic OH excluding ortho intramolecular Hbond substituents is 1. The number of hydrogen-bond donors (Lipinski definition) is 1. The Labute approximate surface area is 155 Å². The number of esters is 2. The van der Waals surface area contributed by atoms with Crippen molar-refractivity contribution >= 4 is 35.1 Å². The van der Waals surface area contributed by atoms with Crippen LogP contribution in [0.3, 0.4) is 0 Å². The Morgan fingerprint density at radius 2 is 1.48 bits per heavy atom. The van der Waals surface area contributed by atoms with Crippen LogP contribution in [0, 0.1) is 0 Å². The SMILES string of the molecule is CC(C)(C)OC(=O)c1cc(Cl)ccc1OC(=O)c1cc(Cl)ccc1O. The third kappa shape index (κ3) is 5.11. The molecule has 0 aliphatic rings. The molecule has 0 heterocycles. The number of carbonyl (C=O) groups excluding carboxylic acids is 2. The fraction of sp³-hybridized carbons (Fsp3) is 0.222. The Morgan fingerprint density at radius 1 is 0.920 bits per heavy atom. The molecule has 0 aliphatic carbocycles. The van der Waals surface area contributed by atoms with Crippen LogP contribution in [0.2, 0.25) is 10.0 Å². The lowest BCUT2D eigenvalue weighted by Gasteiger charge is -2.20. The molecule has 0 atom stereocenters. The average molecular weight is 383 g/mol. The van der Waals surface area contributed by atoms with E-state index in [9.17, 15) is 14.7 Å². The average Bonchev–Trinajstić information content (AvgIpc) is 2.49. The molecule has 0 spiro atoms. The molecule has 0 fully saturated rings. The van der Waals surface area contributed by atoms with Crippen molar-refractivity contribution in [2.45, 2.75) is 26.4 Å². The lowest BCUT2D eigenvalue weighted by atomic mass is 10.1. The highest BCUT2D eigenvalue weighted by Crippen LogP contribution is 2.28. The molecule has 0 aromatic heterocycles. The van der Waals surface area contributed by atoms with Crippen molar-refractivity contribution in [3.63, 3.8) is 0 Å². The molecule has 2 rings (SSSR count). The standard InChI is InChI=1S/C18H16Cl2O5/c1-18(2,3)25-17(23)13-9-11(20)5-7-15(13)24-16(22)12-8-10(19)4-6-14(12)21/h4-9,21H,1-3H3. The van der Waals surface area contributed by atoms with Crippen LogP contribution in [0.1, 0.15) is 41.5 Å². The van der Waals surface area contributed by atoms with Crippen molar-refractivity contribution in [3.8, 4) is 11.5 Å². The lowest BCUT2D eigenvalue weighted by Crippen LogP contribution is -2.24. The summed E-state index contributed by atoms with van der Waals surface area (Å²) < 4.78 is 10.5. The van der Waals surface area contributed by atoms with Gasteiger partial charge in [-0.05, 0) is 57.2 Å². The van der Waals surface area contributed by atoms with E-state index in [2.05, 4.69) is 0 Å². The maximum Gasteiger partial charge on any atom is 0.347 e. The van der Waals surface area contributed by atoms with Gasteiger partial charge in [0.25, 0.3) is 0 Å². The van der Waals surface area contributed by atoms with Crippen LogP contribution in [0.25, 0.3) is 0 Å². The number of phenols is 1. The van der Waals surface area contributed by atoms with E-state index < -0.39 is 17.5 Å². The third-order valence-corrected chi connectivity index (χ3v) is 3.41. The van der Waals surface area contributed by atoms with Gasteiger partial charge >= 0.3 is 11.9 Å². The quantitative estimate of drug-likeness (QED) is 0.605. The molecule has 0 saturated heterocycles. The summed E-state index contributed by atoms with van der Waals surface area (Å²) in [4.78, 5) is 24.6. The second-order valence-electron chi connectivity index (χ2n) is 6.19. The van der Waals surface area contributed by atoms with Crippen LogP contribution in [-0.2, 0) is 4.74 Å². The minimum Gasteiger partial charge on any atom is -0.507 e. The van der Waals surface area contributed by atoms with Gasteiger partial charge in [0.05, 0.1) is 0 Å². The predicted molar refractivity (Wildman–Crippen MR) is 94.7 cm³/mol. The monoisotopic (exact) mass is 382 g/mol. The Hall–Kier alpha value is -2.24. The fourth-order valence-electron chi connectivity index (χ4n) is 1.91. The molecule has 0 bridgehead atoms. The van der Waals surface area contributed by atoms with Crippen LogP contribution >= 0.6 is 23.2 Å². The highest BCUT2D eigenvalue weighted by molar-refractivity contribution is 6.31. The van der Waals surface area contributed by atoms with Gasteiger partial charge in [-0.1, -0.05) is 23.2 Å². The van der Waals surface area contributed by atoms with Gasteiger partial charge < -0.3 is 14.6 Å². The van der Waals surface area contributed by atoms with Gasteiger partial charge in [-0.25, -0.2) is 9.59 Å². The fourth-order valence-corrected chi connectivity index (χ4v) is 2.25. The van der Waals surface area contributed by atoms with Gasteiger partial charge in [0.1, 0.15) is 28.2 Å². The van der Waals surface area contributed by atoms with Gasteiger partial charge in [-0.3, -0.25) is 0 Å². The molecule has 0 radical (unpaired) electrons. The number of halogens is 2. The first-order chi connectivity index (χ1) is 11.6. The summed E-state index contributed by atoms with van der Waals surface area (Å²) in [6, 6.07) is 8.16. The molecule has 0 saturated carbocycles. The number of carbonyl (C=O) groups is 2. The first kappa shape index (κ1) is 19.1. The largest absolute Gasteiger partial charge is 0.507 e. The molecule has 0 aliphatic heterocycles. The molecule has 25 heavy (non-hydrogen) atoms. The van der Waals surface area contributed by atoms with Gasteiger partial charge in [0.15, 0.2) is 0 Å². The number of aromatic hydroxyl groups is 1. The highest BCUT2D eigenvalue weighted by Gasteiger charge is 2.24. The number of hydrogen-bond acceptors (Lipinski definition) is 5. The van der Waals surface area contributed by atoms with Crippen molar-refractivity contribution in [2.75, 3.05) is 0 Å². The number of ether oxygens (including phenoxy) is 2. The van der Waals surface area contributed by atoms with E-state index in [4.69, 9.17) is 32.7 Å². The summed E-state index contributed by atoms with van der Waals surface area (Å²) in [5.41, 5.74) is -0.860. The first-order valence-corrected chi connectivity index (χ1v) is 8.06. The predicted octanol–water partition coefficient (Wildman–Crippen LogP) is 4.87. The number of benzene rings is 2. The van der Waals surface area contributed by atoms with Crippen molar-refractivity contribution in [1.82, 2.24) is 0 Å². The Balaban J connectivity index is 2.35. The van der Waals surface area contributed by atoms with E-state index in [1.165, 1.54) is 36.4 Å².